The molecule has 2 heterocycles. The summed E-state index contributed by atoms with van der Waals surface area (Å²) < 4.78 is 7.44. The first-order chi connectivity index (χ1) is 12.3. The summed E-state index contributed by atoms with van der Waals surface area (Å²) >= 11 is 1.42. The van der Waals surface area contributed by atoms with Crippen molar-refractivity contribution in [3.8, 4) is 0 Å². The van der Waals surface area contributed by atoms with Gasteiger partial charge in [-0.15, -0.1) is 10.2 Å². The van der Waals surface area contributed by atoms with Gasteiger partial charge in [0.25, 0.3) is 0 Å². The first-order valence-electron chi connectivity index (χ1n) is 8.47. The molecule has 0 aliphatic carbocycles. The maximum absolute atomic E-state index is 12.1. The number of hydrogen-bond donors (Lipinski definition) is 1. The van der Waals surface area contributed by atoms with Crippen LogP contribution in [-0.4, -0.2) is 52.7 Å². The van der Waals surface area contributed by atoms with E-state index in [-0.39, 0.29) is 5.91 Å². The molecule has 0 unspecified atom stereocenters. The number of ether oxygens (including phenoxy) is 1. The van der Waals surface area contributed by atoms with Crippen LogP contribution >= 0.6 is 11.8 Å². The Morgan fingerprint density at radius 1 is 1.24 bits per heavy atom. The van der Waals surface area contributed by atoms with Crippen molar-refractivity contribution in [1.82, 2.24) is 20.1 Å². The van der Waals surface area contributed by atoms with E-state index in [0.717, 1.165) is 36.3 Å². The lowest BCUT2D eigenvalue weighted by molar-refractivity contribution is -0.118. The van der Waals surface area contributed by atoms with E-state index in [4.69, 9.17) is 4.74 Å². The van der Waals surface area contributed by atoms with Crippen LogP contribution in [0, 0.1) is 0 Å². The molecular weight excluding hydrogens is 338 g/mol. The van der Waals surface area contributed by atoms with Crippen molar-refractivity contribution in [2.24, 2.45) is 0 Å². The zero-order chi connectivity index (χ0) is 17.5. The topological polar surface area (TPSA) is 72.3 Å². The quantitative estimate of drug-likeness (QED) is 0.755. The van der Waals surface area contributed by atoms with Crippen LogP contribution in [0.25, 0.3) is 0 Å². The molecule has 3 rings (SSSR count). The highest BCUT2D eigenvalue weighted by Crippen LogP contribution is 2.22. The minimum Gasteiger partial charge on any atom is -0.378 e. The molecule has 0 bridgehead atoms. The summed E-state index contributed by atoms with van der Waals surface area (Å²) in [6.07, 6.45) is 0. The normalized spacial score (nSPS) is 14.5. The summed E-state index contributed by atoms with van der Waals surface area (Å²) in [6, 6.07) is 9.89. The lowest BCUT2D eigenvalue weighted by Crippen LogP contribution is -2.38. The molecule has 0 saturated carbocycles. The summed E-state index contributed by atoms with van der Waals surface area (Å²) in [4.78, 5) is 14.3. The van der Waals surface area contributed by atoms with E-state index in [1.54, 1.807) is 0 Å². The van der Waals surface area contributed by atoms with Gasteiger partial charge in [0, 0.05) is 26.2 Å². The molecule has 1 N–H and O–H groups in total. The summed E-state index contributed by atoms with van der Waals surface area (Å²) in [5.74, 6) is 1.18. The molecule has 1 fully saturated rings. The van der Waals surface area contributed by atoms with E-state index in [0.29, 0.717) is 25.5 Å². The second-order valence-corrected chi connectivity index (χ2v) is 6.62. The summed E-state index contributed by atoms with van der Waals surface area (Å²) in [5, 5.41) is 12.3. The molecule has 1 saturated heterocycles. The third-order valence-corrected chi connectivity index (χ3v) is 4.94. The minimum atomic E-state index is -0.00701. The Morgan fingerprint density at radius 2 is 2.00 bits per heavy atom. The monoisotopic (exact) mass is 361 g/mol. The average molecular weight is 361 g/mol. The highest BCUT2D eigenvalue weighted by atomic mass is 32.2. The van der Waals surface area contributed by atoms with Crippen molar-refractivity contribution in [2.75, 3.05) is 37.0 Å². The van der Waals surface area contributed by atoms with Crippen molar-refractivity contribution >= 4 is 23.6 Å². The van der Waals surface area contributed by atoms with Gasteiger partial charge < -0.3 is 15.0 Å². The number of anilines is 1. The van der Waals surface area contributed by atoms with Crippen LogP contribution < -0.4 is 10.2 Å². The molecule has 134 valence electrons. The Morgan fingerprint density at radius 3 is 2.72 bits per heavy atom. The highest BCUT2D eigenvalue weighted by molar-refractivity contribution is 7.99. The number of carbonyl (C=O) groups excluding carboxylic acids is 1. The SMILES string of the molecule is CCn1c(SCC(=O)NCc2ccccc2)nnc1N1CCOCC1. The van der Waals surface area contributed by atoms with Gasteiger partial charge in [-0.3, -0.25) is 9.36 Å². The fraction of sp³-hybridized carbons (Fsp3) is 0.471. The van der Waals surface area contributed by atoms with E-state index in [2.05, 4.69) is 31.9 Å². The van der Waals surface area contributed by atoms with Crippen LogP contribution in [0.1, 0.15) is 12.5 Å². The van der Waals surface area contributed by atoms with Crippen molar-refractivity contribution in [1.29, 1.82) is 0 Å². The summed E-state index contributed by atoms with van der Waals surface area (Å²) in [6.45, 7) is 6.43. The standard InChI is InChI=1S/C17H23N5O2S/c1-2-22-16(21-8-10-24-11-9-21)19-20-17(22)25-13-15(23)18-12-14-6-4-3-5-7-14/h3-7H,2,8-13H2,1H3,(H,18,23). The van der Waals surface area contributed by atoms with Gasteiger partial charge in [0.05, 0.1) is 19.0 Å². The van der Waals surface area contributed by atoms with Crippen LogP contribution in [0.5, 0.6) is 0 Å². The predicted molar refractivity (Wildman–Crippen MR) is 97.7 cm³/mol. The van der Waals surface area contributed by atoms with Crippen molar-refractivity contribution in [2.45, 2.75) is 25.2 Å². The third-order valence-electron chi connectivity index (χ3n) is 3.97. The molecule has 0 radical (unpaired) electrons. The van der Waals surface area contributed by atoms with Gasteiger partial charge in [0.15, 0.2) is 5.16 Å². The van der Waals surface area contributed by atoms with E-state index < -0.39 is 0 Å². The van der Waals surface area contributed by atoms with Crippen molar-refractivity contribution in [3.63, 3.8) is 0 Å². The number of amides is 1. The van der Waals surface area contributed by atoms with Gasteiger partial charge in [-0.1, -0.05) is 42.1 Å². The number of nitrogens with one attached hydrogen (secondary N) is 1. The lowest BCUT2D eigenvalue weighted by Gasteiger charge is -2.27. The Labute approximate surface area is 151 Å². The summed E-state index contributed by atoms with van der Waals surface area (Å²) in [7, 11) is 0. The smallest absolute Gasteiger partial charge is 0.230 e. The molecule has 1 aliphatic rings. The number of hydrogen-bond acceptors (Lipinski definition) is 6. The molecule has 1 aliphatic heterocycles. The van der Waals surface area contributed by atoms with Crippen LogP contribution in [-0.2, 0) is 22.6 Å². The number of aromatic nitrogens is 3. The number of morpholine rings is 1. The zero-order valence-corrected chi connectivity index (χ0v) is 15.2. The maximum Gasteiger partial charge on any atom is 0.230 e. The molecule has 1 aromatic carbocycles. The van der Waals surface area contributed by atoms with Gasteiger partial charge in [0.1, 0.15) is 0 Å². The number of rotatable bonds is 7. The lowest BCUT2D eigenvalue weighted by atomic mass is 10.2. The zero-order valence-electron chi connectivity index (χ0n) is 14.4. The van der Waals surface area contributed by atoms with Crippen LogP contribution in [0.15, 0.2) is 35.5 Å². The number of thioether (sulfide) groups is 1. The third kappa shape index (κ3) is 4.73. The predicted octanol–water partition coefficient (Wildman–Crippen LogP) is 1.54. The average Bonchev–Trinajstić information content (AvgIpc) is 3.09. The second-order valence-electron chi connectivity index (χ2n) is 5.68. The molecule has 0 atom stereocenters. The number of nitrogens with zero attached hydrogens (tertiary/aromatic N) is 4. The van der Waals surface area contributed by atoms with Gasteiger partial charge >= 0.3 is 0 Å². The number of carbonyl (C=O) groups is 1. The maximum atomic E-state index is 12.1. The molecule has 8 heteroatoms. The van der Waals surface area contributed by atoms with E-state index in [9.17, 15) is 4.79 Å². The highest BCUT2D eigenvalue weighted by Gasteiger charge is 2.20. The first-order valence-corrected chi connectivity index (χ1v) is 9.46. The Bertz CT molecular complexity index is 686. The fourth-order valence-corrected chi connectivity index (χ4v) is 3.47. The van der Waals surface area contributed by atoms with Gasteiger partial charge in [0.2, 0.25) is 11.9 Å². The van der Waals surface area contributed by atoms with Crippen molar-refractivity contribution in [3.05, 3.63) is 35.9 Å². The van der Waals surface area contributed by atoms with E-state index in [1.165, 1.54) is 11.8 Å². The van der Waals surface area contributed by atoms with Crippen LogP contribution in [0.4, 0.5) is 5.95 Å². The Kier molecular flexibility index (Phi) is 6.30. The fourth-order valence-electron chi connectivity index (χ4n) is 2.64. The second kappa shape index (κ2) is 8.87. The number of benzene rings is 1. The first kappa shape index (κ1) is 17.8. The van der Waals surface area contributed by atoms with Crippen LogP contribution in [0.3, 0.4) is 0 Å². The molecular formula is C17H23N5O2S. The van der Waals surface area contributed by atoms with Gasteiger partial charge in [-0.05, 0) is 12.5 Å². The molecule has 25 heavy (non-hydrogen) atoms. The molecule has 0 spiro atoms. The summed E-state index contributed by atoms with van der Waals surface area (Å²) in [5.41, 5.74) is 1.09. The molecule has 1 amide bonds. The minimum absolute atomic E-state index is 0.00701. The van der Waals surface area contributed by atoms with Crippen molar-refractivity contribution < 1.29 is 9.53 Å². The van der Waals surface area contributed by atoms with Gasteiger partial charge in [-0.25, -0.2) is 0 Å². The molecule has 7 nitrogen and oxygen atoms in total. The molecule has 2 aromatic rings. The van der Waals surface area contributed by atoms with E-state index >= 15 is 0 Å². The molecule has 1 aromatic heterocycles. The Balaban J connectivity index is 1.53. The van der Waals surface area contributed by atoms with Gasteiger partial charge in [-0.2, -0.15) is 0 Å². The van der Waals surface area contributed by atoms with Crippen LogP contribution in [0.2, 0.25) is 0 Å². The Hall–Kier alpha value is -2.06. The van der Waals surface area contributed by atoms with E-state index in [1.807, 2.05) is 30.3 Å². The largest absolute Gasteiger partial charge is 0.378 e.